The summed E-state index contributed by atoms with van der Waals surface area (Å²) in [7, 11) is 0. The van der Waals surface area contributed by atoms with Gasteiger partial charge in [0.15, 0.2) is 5.84 Å². The molecule has 0 saturated carbocycles. The first kappa shape index (κ1) is 10.6. The largest absolute Gasteiger partial charge is 0.293 e. The van der Waals surface area contributed by atoms with E-state index in [1.54, 1.807) is 11.8 Å². The van der Waals surface area contributed by atoms with Gasteiger partial charge in [-0.15, -0.1) is 11.8 Å². The van der Waals surface area contributed by atoms with Crippen molar-refractivity contribution in [1.29, 1.82) is 0 Å². The number of hydrazine groups is 1. The summed E-state index contributed by atoms with van der Waals surface area (Å²) >= 11 is 8.83. The topological polar surface area (TPSA) is 48.8 Å². The molecule has 1 radical (unpaired) electrons. The lowest BCUT2D eigenvalue weighted by Crippen LogP contribution is -2.35. The number of hydrogen-bond acceptors (Lipinski definition) is 5. The SMILES string of the molecule is CSC1(C[S])N=CC2=C(I)NNC2=N1. The Morgan fingerprint density at radius 2 is 2.43 bits per heavy atom. The fourth-order valence-electron chi connectivity index (χ4n) is 1.15. The molecule has 0 aromatic rings. The molecule has 1 unspecified atom stereocenters. The molecule has 0 aromatic carbocycles. The number of thioether (sulfide) groups is 1. The molecular formula is C7H8IN4S2. The molecule has 2 aliphatic heterocycles. The van der Waals surface area contributed by atoms with Gasteiger partial charge in [0.2, 0.25) is 4.99 Å². The van der Waals surface area contributed by atoms with Crippen LogP contribution in [0, 0.1) is 0 Å². The van der Waals surface area contributed by atoms with E-state index in [2.05, 4.69) is 43.4 Å². The number of nitrogens with one attached hydrogen (secondary N) is 2. The van der Waals surface area contributed by atoms with Crippen LogP contribution in [0.15, 0.2) is 19.3 Å². The lowest BCUT2D eigenvalue weighted by Gasteiger charge is -2.24. The predicted molar refractivity (Wildman–Crippen MR) is 71.9 cm³/mol. The van der Waals surface area contributed by atoms with Gasteiger partial charge in [-0.25, -0.2) is 4.99 Å². The first-order valence-corrected chi connectivity index (χ1v) is 6.79. The van der Waals surface area contributed by atoms with E-state index in [-0.39, 0.29) is 0 Å². The maximum Gasteiger partial charge on any atom is 0.208 e. The molecule has 75 valence electrons. The number of hydrogen-bond donors (Lipinski definition) is 2. The van der Waals surface area contributed by atoms with Gasteiger partial charge in [-0.2, -0.15) is 0 Å². The molecular weight excluding hydrogens is 331 g/mol. The highest BCUT2D eigenvalue weighted by atomic mass is 127. The quantitative estimate of drug-likeness (QED) is 0.591. The second kappa shape index (κ2) is 3.93. The highest BCUT2D eigenvalue weighted by Crippen LogP contribution is 2.32. The Labute approximate surface area is 106 Å². The minimum Gasteiger partial charge on any atom is -0.293 e. The minimum absolute atomic E-state index is 0.486. The zero-order valence-electron chi connectivity index (χ0n) is 7.37. The van der Waals surface area contributed by atoms with E-state index in [9.17, 15) is 0 Å². The van der Waals surface area contributed by atoms with E-state index < -0.39 is 4.99 Å². The van der Waals surface area contributed by atoms with Crippen LogP contribution in [0.25, 0.3) is 0 Å². The van der Waals surface area contributed by atoms with Crippen LogP contribution in [0.3, 0.4) is 0 Å². The third kappa shape index (κ3) is 1.65. The average molecular weight is 339 g/mol. The monoisotopic (exact) mass is 339 g/mol. The molecule has 0 spiro atoms. The molecule has 1 atom stereocenters. The van der Waals surface area contributed by atoms with E-state index in [1.807, 2.05) is 12.5 Å². The zero-order chi connectivity index (χ0) is 10.2. The summed E-state index contributed by atoms with van der Waals surface area (Å²) in [4.78, 5) is 8.39. The van der Waals surface area contributed by atoms with Crippen LogP contribution in [0.2, 0.25) is 0 Å². The third-order valence-electron chi connectivity index (χ3n) is 1.98. The molecule has 7 heteroatoms. The highest BCUT2D eigenvalue weighted by molar-refractivity contribution is 14.1. The normalized spacial score (nSPS) is 29.5. The summed E-state index contributed by atoms with van der Waals surface area (Å²) < 4.78 is 1.02. The Hall–Kier alpha value is 0.110. The van der Waals surface area contributed by atoms with Crippen LogP contribution in [0.1, 0.15) is 0 Å². The molecule has 2 N–H and O–H groups in total. The van der Waals surface area contributed by atoms with Gasteiger partial charge in [-0.05, 0) is 28.8 Å². The van der Waals surface area contributed by atoms with Crippen molar-refractivity contribution in [3.63, 3.8) is 0 Å². The van der Waals surface area contributed by atoms with E-state index in [0.717, 1.165) is 15.1 Å². The predicted octanol–water partition coefficient (Wildman–Crippen LogP) is 1.44. The standard InChI is InChI=1S/C7H8IN4S2/c1-14-7(3-13)9-2-4-5(8)11-12-6(4)10-7/h2H,3H2,1H3,(H2,10,11,12). The summed E-state index contributed by atoms with van der Waals surface area (Å²) in [5.74, 6) is 1.32. The van der Waals surface area contributed by atoms with Crippen LogP contribution in [0.5, 0.6) is 0 Å². The molecule has 2 aliphatic rings. The van der Waals surface area contributed by atoms with Crippen molar-refractivity contribution in [2.75, 3.05) is 12.0 Å². The van der Waals surface area contributed by atoms with E-state index in [1.165, 1.54) is 0 Å². The second-order valence-electron chi connectivity index (χ2n) is 2.79. The Morgan fingerprint density at radius 1 is 1.64 bits per heavy atom. The van der Waals surface area contributed by atoms with Crippen molar-refractivity contribution in [1.82, 2.24) is 10.9 Å². The van der Waals surface area contributed by atoms with Crippen LogP contribution < -0.4 is 10.9 Å². The Kier molecular flexibility index (Phi) is 2.98. The molecule has 0 amide bonds. The van der Waals surface area contributed by atoms with Crippen LogP contribution in [-0.2, 0) is 0 Å². The number of rotatable bonds is 2. The maximum absolute atomic E-state index is 5.06. The van der Waals surface area contributed by atoms with Crippen molar-refractivity contribution in [2.45, 2.75) is 4.99 Å². The lowest BCUT2D eigenvalue weighted by molar-refractivity contribution is 0.724. The summed E-state index contributed by atoms with van der Waals surface area (Å²) in [6.07, 6.45) is 3.80. The average Bonchev–Trinajstić information content (AvgIpc) is 2.59. The van der Waals surface area contributed by atoms with Gasteiger partial charge in [0.1, 0.15) is 3.70 Å². The van der Waals surface area contributed by atoms with Gasteiger partial charge in [-0.1, -0.05) is 12.6 Å². The summed E-state index contributed by atoms with van der Waals surface area (Å²) in [5.41, 5.74) is 7.01. The summed E-state index contributed by atoms with van der Waals surface area (Å²) in [5, 5.41) is 0. The van der Waals surface area contributed by atoms with E-state index >= 15 is 0 Å². The van der Waals surface area contributed by atoms with Crippen molar-refractivity contribution in [3.8, 4) is 0 Å². The molecule has 2 heterocycles. The smallest absolute Gasteiger partial charge is 0.208 e. The van der Waals surface area contributed by atoms with Gasteiger partial charge in [0.05, 0.1) is 11.3 Å². The van der Waals surface area contributed by atoms with Gasteiger partial charge in [0, 0.05) is 6.21 Å². The minimum atomic E-state index is -0.510. The van der Waals surface area contributed by atoms with Crippen LogP contribution in [-0.4, -0.2) is 29.1 Å². The third-order valence-corrected chi connectivity index (χ3v) is 4.41. The van der Waals surface area contributed by atoms with Gasteiger partial charge >= 0.3 is 0 Å². The van der Waals surface area contributed by atoms with Crippen LogP contribution in [0.4, 0.5) is 0 Å². The molecule has 0 fully saturated rings. The fourth-order valence-corrected chi connectivity index (χ4v) is 2.64. The van der Waals surface area contributed by atoms with Gasteiger partial charge < -0.3 is 0 Å². The fraction of sp³-hybridized carbons (Fsp3) is 0.429. The van der Waals surface area contributed by atoms with Crippen molar-refractivity contribution in [3.05, 3.63) is 9.28 Å². The zero-order valence-corrected chi connectivity index (χ0v) is 11.2. The number of halogens is 1. The van der Waals surface area contributed by atoms with Gasteiger partial charge in [0.25, 0.3) is 0 Å². The molecule has 0 bridgehead atoms. The number of aliphatic imine (C=N–C) groups is 2. The van der Waals surface area contributed by atoms with Crippen molar-refractivity contribution >= 4 is 59.0 Å². The molecule has 0 aromatic heterocycles. The highest BCUT2D eigenvalue weighted by Gasteiger charge is 2.32. The van der Waals surface area contributed by atoms with Gasteiger partial charge in [-0.3, -0.25) is 15.8 Å². The molecule has 0 aliphatic carbocycles. The Bertz CT molecular complexity index is 346. The summed E-state index contributed by atoms with van der Waals surface area (Å²) in [6, 6.07) is 0. The van der Waals surface area contributed by atoms with E-state index in [0.29, 0.717) is 5.75 Å². The molecule has 0 saturated heterocycles. The second-order valence-corrected chi connectivity index (χ2v) is 5.22. The van der Waals surface area contributed by atoms with Crippen LogP contribution >= 0.6 is 47.0 Å². The molecule has 4 nitrogen and oxygen atoms in total. The first-order valence-electron chi connectivity index (χ1n) is 3.91. The Morgan fingerprint density at radius 3 is 3.07 bits per heavy atom. The maximum atomic E-state index is 5.06. The molecule has 2 rings (SSSR count). The first-order chi connectivity index (χ1) is 6.71. The number of amidine groups is 1. The van der Waals surface area contributed by atoms with Crippen molar-refractivity contribution < 1.29 is 0 Å². The van der Waals surface area contributed by atoms with Crippen molar-refractivity contribution in [2.24, 2.45) is 9.98 Å². The lowest BCUT2D eigenvalue weighted by atomic mass is 10.3. The number of nitrogens with zero attached hydrogens (tertiary/aromatic N) is 2. The Balaban J connectivity index is 2.37. The number of fused-ring (bicyclic) bond motifs is 1. The van der Waals surface area contributed by atoms with E-state index in [4.69, 9.17) is 12.6 Å². The summed E-state index contributed by atoms with van der Waals surface area (Å²) in [6.45, 7) is 0. The molecule has 14 heavy (non-hydrogen) atoms.